The molecule has 2 N–H and O–H groups in total. The van der Waals surface area contributed by atoms with E-state index < -0.39 is 70.5 Å². The molecule has 0 spiro atoms. The number of hydrogen-bond acceptors (Lipinski definition) is 5. The van der Waals surface area contributed by atoms with Gasteiger partial charge in [0, 0.05) is 35.1 Å². The second kappa shape index (κ2) is 10.9. The minimum absolute atomic E-state index is 0.214. The van der Waals surface area contributed by atoms with E-state index in [0.717, 1.165) is 35.3 Å². The van der Waals surface area contributed by atoms with E-state index >= 15 is 0 Å². The number of aromatic nitrogens is 1. The minimum atomic E-state index is -4.86. The molecule has 15 heteroatoms. The largest absolute Gasteiger partial charge is 0.509 e. The van der Waals surface area contributed by atoms with Crippen molar-refractivity contribution in [3.63, 3.8) is 0 Å². The van der Waals surface area contributed by atoms with E-state index in [4.69, 9.17) is 0 Å². The summed E-state index contributed by atoms with van der Waals surface area (Å²) < 4.78 is 108. The molecule has 1 aromatic heterocycles. The first-order valence-electron chi connectivity index (χ1n) is 13.0. The first-order chi connectivity index (χ1) is 20.5. The zero-order valence-corrected chi connectivity index (χ0v) is 22.7. The second-order valence-corrected chi connectivity index (χ2v) is 10.5. The Hall–Kier alpha value is -4.53. The summed E-state index contributed by atoms with van der Waals surface area (Å²) in [6, 6.07) is 6.11. The highest BCUT2D eigenvalue weighted by atomic mass is 19.4. The van der Waals surface area contributed by atoms with E-state index in [-0.39, 0.29) is 35.3 Å². The molecule has 2 aliphatic heterocycles. The Morgan fingerprint density at radius 3 is 2.39 bits per heavy atom. The van der Waals surface area contributed by atoms with Crippen molar-refractivity contribution in [2.24, 2.45) is 0 Å². The molecule has 1 saturated heterocycles. The normalized spacial score (nSPS) is 19.4. The fraction of sp³-hybridized carbons (Fsp3) is 0.276. The summed E-state index contributed by atoms with van der Waals surface area (Å²) in [5.41, 5.74) is -5.73. The van der Waals surface area contributed by atoms with Gasteiger partial charge >= 0.3 is 12.4 Å². The zero-order chi connectivity index (χ0) is 32.2. The van der Waals surface area contributed by atoms with Crippen molar-refractivity contribution in [3.05, 3.63) is 94.5 Å². The lowest BCUT2D eigenvalue weighted by Gasteiger charge is -2.46. The second-order valence-electron chi connectivity index (χ2n) is 10.5. The van der Waals surface area contributed by atoms with Crippen molar-refractivity contribution in [1.82, 2.24) is 15.0 Å². The maximum atomic E-state index is 14.5. The van der Waals surface area contributed by atoms with Crippen LogP contribution in [0.25, 0.3) is 11.1 Å². The summed E-state index contributed by atoms with van der Waals surface area (Å²) in [5, 5.41) is 15.9. The number of nitrogens with zero attached hydrogens (tertiary/aromatic N) is 3. The molecular formula is C29H22F8N4O3. The van der Waals surface area contributed by atoms with Gasteiger partial charge in [-0.05, 0) is 62.2 Å². The number of hydrazine groups is 1. The number of hydrogen-bond donors (Lipinski definition) is 2. The van der Waals surface area contributed by atoms with Gasteiger partial charge in [0.1, 0.15) is 28.7 Å². The van der Waals surface area contributed by atoms with Crippen LogP contribution in [0, 0.1) is 11.6 Å². The van der Waals surface area contributed by atoms with Crippen LogP contribution in [0.5, 0.6) is 0 Å². The highest BCUT2D eigenvalue weighted by molar-refractivity contribution is 6.24. The predicted molar refractivity (Wildman–Crippen MR) is 139 cm³/mol. The van der Waals surface area contributed by atoms with Crippen LogP contribution in [0.4, 0.5) is 40.8 Å². The van der Waals surface area contributed by atoms with Crippen LogP contribution in [0.15, 0.2) is 66.1 Å². The SMILES string of the molecule is C[C@]12CCCN1N(Cc1cc(F)ccc1F)C(=O)C(C(=O)Nc1ccc(C(F)(F)F)cc1-c1ccc(C(F)(F)F)nc1)=C2O. The highest BCUT2D eigenvalue weighted by Gasteiger charge is 2.52. The smallest absolute Gasteiger partial charge is 0.433 e. The number of rotatable bonds is 5. The van der Waals surface area contributed by atoms with E-state index in [2.05, 4.69) is 10.3 Å². The van der Waals surface area contributed by atoms with Crippen LogP contribution in [0.3, 0.4) is 0 Å². The lowest BCUT2D eigenvalue weighted by Crippen LogP contribution is -2.60. The van der Waals surface area contributed by atoms with Gasteiger partial charge in [0.25, 0.3) is 11.8 Å². The van der Waals surface area contributed by atoms with Crippen molar-refractivity contribution in [3.8, 4) is 11.1 Å². The molecule has 3 heterocycles. The number of fused-ring (bicyclic) bond motifs is 1. The van der Waals surface area contributed by atoms with Crippen LogP contribution in [-0.2, 0) is 28.5 Å². The fourth-order valence-corrected chi connectivity index (χ4v) is 5.35. The van der Waals surface area contributed by atoms with Crippen LogP contribution in [0.2, 0.25) is 0 Å². The average Bonchev–Trinajstić information content (AvgIpc) is 3.35. The van der Waals surface area contributed by atoms with Crippen LogP contribution >= 0.6 is 0 Å². The number of amides is 2. The zero-order valence-electron chi connectivity index (χ0n) is 22.7. The van der Waals surface area contributed by atoms with E-state index in [1.54, 1.807) is 0 Å². The Labute approximate surface area is 244 Å². The average molecular weight is 627 g/mol. The monoisotopic (exact) mass is 626 g/mol. The number of carbonyl (C=O) groups is 2. The maximum Gasteiger partial charge on any atom is 0.433 e. The Morgan fingerprint density at radius 2 is 1.75 bits per heavy atom. The molecular weight excluding hydrogens is 604 g/mol. The molecule has 2 amide bonds. The number of benzene rings is 2. The number of anilines is 1. The Kier molecular flexibility index (Phi) is 7.64. The number of nitrogens with one attached hydrogen (secondary N) is 1. The minimum Gasteiger partial charge on any atom is -0.509 e. The number of alkyl halides is 6. The third kappa shape index (κ3) is 5.58. The molecule has 5 rings (SSSR count). The molecule has 0 unspecified atom stereocenters. The molecule has 3 aromatic rings. The van der Waals surface area contributed by atoms with Gasteiger partial charge in [-0.25, -0.2) is 13.8 Å². The van der Waals surface area contributed by atoms with E-state index in [0.29, 0.717) is 30.8 Å². The number of carbonyl (C=O) groups excluding carboxylic acids is 2. The van der Waals surface area contributed by atoms with Gasteiger partial charge in [-0.1, -0.05) is 6.07 Å². The number of aliphatic hydroxyl groups is 1. The van der Waals surface area contributed by atoms with Gasteiger partial charge in [0.2, 0.25) is 0 Å². The quantitative estimate of drug-likeness (QED) is 0.246. The van der Waals surface area contributed by atoms with Gasteiger partial charge in [-0.2, -0.15) is 26.3 Å². The molecule has 2 aromatic carbocycles. The molecule has 0 aliphatic carbocycles. The van der Waals surface area contributed by atoms with Gasteiger partial charge in [0.05, 0.1) is 17.6 Å². The summed E-state index contributed by atoms with van der Waals surface area (Å²) in [6.45, 7) is 1.24. The predicted octanol–water partition coefficient (Wildman–Crippen LogP) is 6.63. The molecule has 2 aliphatic rings. The summed E-state index contributed by atoms with van der Waals surface area (Å²) in [6.07, 6.45) is -8.28. The molecule has 232 valence electrons. The van der Waals surface area contributed by atoms with Crippen molar-refractivity contribution in [1.29, 1.82) is 0 Å². The van der Waals surface area contributed by atoms with Crippen molar-refractivity contribution < 1.29 is 49.8 Å². The van der Waals surface area contributed by atoms with Crippen LogP contribution in [-0.4, -0.2) is 44.0 Å². The molecule has 0 saturated carbocycles. The van der Waals surface area contributed by atoms with E-state index in [1.807, 2.05) is 0 Å². The van der Waals surface area contributed by atoms with Crippen molar-refractivity contribution >= 4 is 17.5 Å². The van der Waals surface area contributed by atoms with Crippen molar-refractivity contribution in [2.75, 3.05) is 11.9 Å². The first kappa shape index (κ1) is 30.9. The van der Waals surface area contributed by atoms with Gasteiger partial charge < -0.3 is 10.4 Å². The fourth-order valence-electron chi connectivity index (χ4n) is 5.35. The van der Waals surface area contributed by atoms with Crippen LogP contribution < -0.4 is 5.32 Å². The molecule has 0 bridgehead atoms. The van der Waals surface area contributed by atoms with E-state index in [9.17, 15) is 49.8 Å². The van der Waals surface area contributed by atoms with Crippen molar-refractivity contribution in [2.45, 2.75) is 44.2 Å². The highest BCUT2D eigenvalue weighted by Crippen LogP contribution is 2.43. The molecule has 1 atom stereocenters. The molecule has 7 nitrogen and oxygen atoms in total. The summed E-state index contributed by atoms with van der Waals surface area (Å²) >= 11 is 0. The topological polar surface area (TPSA) is 85.8 Å². The van der Waals surface area contributed by atoms with Gasteiger partial charge in [0.15, 0.2) is 0 Å². The standard InChI is InChI=1S/C29H22F8N4O3/c1-27-9-2-10-41(27)40(14-16-11-18(30)5-6-20(16)31)26(44)23(24(27)42)25(43)39-21-7-4-17(28(32,33)34)12-19(21)15-3-8-22(38-13-15)29(35,36)37/h3-8,11-13,42H,2,9-10,14H2,1H3,(H,39,43)/t27-/m1/s1. The Morgan fingerprint density at radius 1 is 1.02 bits per heavy atom. The van der Waals surface area contributed by atoms with E-state index in [1.165, 1.54) is 11.9 Å². The first-order valence-corrected chi connectivity index (χ1v) is 13.0. The number of halogens is 8. The number of pyridine rings is 1. The lowest BCUT2D eigenvalue weighted by molar-refractivity contribution is -0.160. The summed E-state index contributed by atoms with van der Waals surface area (Å²) in [4.78, 5) is 30.5. The molecule has 44 heavy (non-hydrogen) atoms. The summed E-state index contributed by atoms with van der Waals surface area (Å²) in [7, 11) is 0. The Bertz CT molecular complexity index is 1670. The third-order valence-corrected chi connectivity index (χ3v) is 7.60. The van der Waals surface area contributed by atoms with Gasteiger partial charge in [-0.15, -0.1) is 0 Å². The third-order valence-electron chi connectivity index (χ3n) is 7.60. The van der Waals surface area contributed by atoms with Crippen LogP contribution in [0.1, 0.15) is 36.6 Å². The molecule has 0 radical (unpaired) electrons. The van der Waals surface area contributed by atoms with Gasteiger partial charge in [-0.3, -0.25) is 19.6 Å². The Balaban J connectivity index is 1.54. The lowest BCUT2D eigenvalue weighted by atomic mass is 9.90. The number of aliphatic hydroxyl groups excluding tert-OH is 1. The summed E-state index contributed by atoms with van der Waals surface area (Å²) in [5.74, 6) is -4.58. The molecule has 1 fully saturated rings. The maximum absolute atomic E-state index is 14.5.